The number of ether oxygens (including phenoxy) is 2. The molecule has 1 rings (SSSR count). The molecular weight excluding hydrogens is 208 g/mol. The van der Waals surface area contributed by atoms with Crippen LogP contribution in [0, 0.1) is 0 Å². The van der Waals surface area contributed by atoms with Crippen LogP contribution in [0.5, 0.6) is 11.5 Å². The highest BCUT2D eigenvalue weighted by molar-refractivity contribution is 5.29. The summed E-state index contributed by atoms with van der Waals surface area (Å²) in [5.74, 6) is 0.948. The van der Waals surface area contributed by atoms with Gasteiger partial charge in [-0.2, -0.15) is 0 Å². The first-order valence-electron chi connectivity index (χ1n) is 5.43. The predicted molar refractivity (Wildman–Crippen MR) is 60.7 cm³/mol. The zero-order valence-corrected chi connectivity index (χ0v) is 9.26. The summed E-state index contributed by atoms with van der Waals surface area (Å²) in [6, 6.07) is 6.58. The van der Waals surface area contributed by atoms with Gasteiger partial charge in [-0.15, -0.1) is 0 Å². The molecule has 1 aromatic carbocycles. The first-order chi connectivity index (χ1) is 7.83. The number of unbranched alkanes of at least 4 members (excludes halogenated alkanes) is 1. The number of aliphatic hydroxyl groups is 1. The van der Waals surface area contributed by atoms with Crippen LogP contribution in [-0.2, 0) is 4.74 Å². The molecule has 4 nitrogen and oxygen atoms in total. The Kier molecular flexibility index (Phi) is 6.37. The van der Waals surface area contributed by atoms with Crippen molar-refractivity contribution >= 4 is 0 Å². The van der Waals surface area contributed by atoms with E-state index in [4.69, 9.17) is 19.7 Å². The first kappa shape index (κ1) is 12.8. The fourth-order valence-electron chi connectivity index (χ4n) is 1.18. The van der Waals surface area contributed by atoms with E-state index < -0.39 is 0 Å². The van der Waals surface area contributed by atoms with E-state index in [0.29, 0.717) is 19.8 Å². The average Bonchev–Trinajstić information content (AvgIpc) is 2.30. The Morgan fingerprint density at radius 2 is 1.69 bits per heavy atom. The minimum Gasteiger partial charge on any atom is -0.508 e. The van der Waals surface area contributed by atoms with Gasteiger partial charge in [-0.05, 0) is 37.1 Å². The van der Waals surface area contributed by atoms with E-state index >= 15 is 0 Å². The Bertz CT molecular complexity index is 271. The van der Waals surface area contributed by atoms with Gasteiger partial charge in [-0.25, -0.2) is 0 Å². The van der Waals surface area contributed by atoms with E-state index in [1.807, 2.05) is 0 Å². The monoisotopic (exact) mass is 226 g/mol. The summed E-state index contributed by atoms with van der Waals surface area (Å²) in [7, 11) is 0. The molecule has 0 aromatic heterocycles. The van der Waals surface area contributed by atoms with Gasteiger partial charge in [0, 0.05) is 13.2 Å². The fraction of sp³-hybridized carbons (Fsp3) is 0.500. The molecule has 0 saturated heterocycles. The third kappa shape index (κ3) is 5.58. The van der Waals surface area contributed by atoms with Gasteiger partial charge in [0.2, 0.25) is 0 Å². The number of aromatic hydroxyl groups is 1. The molecule has 0 amide bonds. The summed E-state index contributed by atoms with van der Waals surface area (Å²) in [5, 5.41) is 17.6. The molecule has 0 aliphatic carbocycles. The lowest BCUT2D eigenvalue weighted by atomic mass is 10.3. The molecule has 1 aromatic rings. The highest BCUT2D eigenvalue weighted by Crippen LogP contribution is 2.15. The van der Waals surface area contributed by atoms with Gasteiger partial charge in [-0.1, -0.05) is 0 Å². The van der Waals surface area contributed by atoms with Crippen molar-refractivity contribution in [2.24, 2.45) is 0 Å². The third-order valence-corrected chi connectivity index (χ3v) is 2.03. The van der Waals surface area contributed by atoms with E-state index in [1.54, 1.807) is 24.3 Å². The number of aliphatic hydroxyl groups excluding tert-OH is 1. The van der Waals surface area contributed by atoms with Crippen molar-refractivity contribution in [3.8, 4) is 11.5 Å². The summed E-state index contributed by atoms with van der Waals surface area (Å²) >= 11 is 0. The van der Waals surface area contributed by atoms with E-state index in [1.165, 1.54) is 0 Å². The maximum Gasteiger partial charge on any atom is 0.119 e. The molecule has 0 radical (unpaired) electrons. The Labute approximate surface area is 95.4 Å². The lowest BCUT2D eigenvalue weighted by Crippen LogP contribution is -2.07. The van der Waals surface area contributed by atoms with Gasteiger partial charge in [0.15, 0.2) is 0 Å². The van der Waals surface area contributed by atoms with E-state index in [2.05, 4.69) is 0 Å². The third-order valence-electron chi connectivity index (χ3n) is 2.03. The fourth-order valence-corrected chi connectivity index (χ4v) is 1.18. The van der Waals surface area contributed by atoms with Gasteiger partial charge < -0.3 is 19.7 Å². The first-order valence-corrected chi connectivity index (χ1v) is 5.43. The van der Waals surface area contributed by atoms with Gasteiger partial charge in [-0.3, -0.25) is 0 Å². The van der Waals surface area contributed by atoms with Crippen molar-refractivity contribution < 1.29 is 19.7 Å². The van der Waals surface area contributed by atoms with Crippen LogP contribution < -0.4 is 4.74 Å². The van der Waals surface area contributed by atoms with Crippen LogP contribution in [-0.4, -0.2) is 36.6 Å². The molecule has 2 N–H and O–H groups in total. The quantitative estimate of drug-likeness (QED) is 0.660. The second kappa shape index (κ2) is 7.96. The van der Waals surface area contributed by atoms with Crippen LogP contribution in [0.2, 0.25) is 0 Å². The van der Waals surface area contributed by atoms with E-state index in [9.17, 15) is 0 Å². The van der Waals surface area contributed by atoms with Crippen molar-refractivity contribution in [1.82, 2.24) is 0 Å². The van der Waals surface area contributed by atoms with E-state index in [-0.39, 0.29) is 12.4 Å². The number of rotatable bonds is 8. The van der Waals surface area contributed by atoms with Crippen molar-refractivity contribution in [1.29, 1.82) is 0 Å². The van der Waals surface area contributed by atoms with Gasteiger partial charge in [0.25, 0.3) is 0 Å². The summed E-state index contributed by atoms with van der Waals surface area (Å²) in [5.41, 5.74) is 0. The summed E-state index contributed by atoms with van der Waals surface area (Å²) < 4.78 is 10.7. The van der Waals surface area contributed by atoms with Crippen molar-refractivity contribution in [2.75, 3.05) is 26.4 Å². The van der Waals surface area contributed by atoms with Crippen LogP contribution >= 0.6 is 0 Å². The highest BCUT2D eigenvalue weighted by Gasteiger charge is 1.94. The van der Waals surface area contributed by atoms with Crippen LogP contribution in [0.25, 0.3) is 0 Å². The Morgan fingerprint density at radius 1 is 0.938 bits per heavy atom. The van der Waals surface area contributed by atoms with Gasteiger partial charge in [0.05, 0.1) is 6.61 Å². The zero-order valence-electron chi connectivity index (χ0n) is 9.26. The SMILES string of the molecule is OCCCCOCCOc1ccc(O)cc1. The molecular formula is C12H18O4. The molecule has 90 valence electrons. The van der Waals surface area contributed by atoms with Crippen LogP contribution in [0.1, 0.15) is 12.8 Å². The second-order valence-corrected chi connectivity index (χ2v) is 3.39. The number of hydrogen-bond acceptors (Lipinski definition) is 4. The maximum absolute atomic E-state index is 9.05. The molecule has 0 aliphatic heterocycles. The van der Waals surface area contributed by atoms with E-state index in [0.717, 1.165) is 18.6 Å². The molecule has 0 atom stereocenters. The Hall–Kier alpha value is -1.26. The molecule has 4 heteroatoms. The van der Waals surface area contributed by atoms with Crippen molar-refractivity contribution in [3.05, 3.63) is 24.3 Å². The zero-order chi connectivity index (χ0) is 11.6. The summed E-state index contributed by atoms with van der Waals surface area (Å²) in [6.45, 7) is 1.89. The number of hydrogen-bond donors (Lipinski definition) is 2. The Balaban J connectivity index is 2.01. The van der Waals surface area contributed by atoms with Crippen molar-refractivity contribution in [2.45, 2.75) is 12.8 Å². The van der Waals surface area contributed by atoms with Gasteiger partial charge in [0.1, 0.15) is 18.1 Å². The van der Waals surface area contributed by atoms with Crippen LogP contribution in [0.15, 0.2) is 24.3 Å². The molecule has 0 unspecified atom stereocenters. The molecule has 0 saturated carbocycles. The number of benzene rings is 1. The second-order valence-electron chi connectivity index (χ2n) is 3.39. The topological polar surface area (TPSA) is 58.9 Å². The highest BCUT2D eigenvalue weighted by atomic mass is 16.5. The molecule has 0 spiro atoms. The lowest BCUT2D eigenvalue weighted by Gasteiger charge is -2.06. The normalized spacial score (nSPS) is 10.3. The molecule has 16 heavy (non-hydrogen) atoms. The smallest absolute Gasteiger partial charge is 0.119 e. The van der Waals surface area contributed by atoms with Crippen LogP contribution in [0.4, 0.5) is 0 Å². The molecule has 0 fully saturated rings. The summed E-state index contributed by atoms with van der Waals surface area (Å²) in [4.78, 5) is 0. The molecule has 0 bridgehead atoms. The minimum atomic E-state index is 0.216. The molecule has 0 aliphatic rings. The summed E-state index contributed by atoms with van der Waals surface area (Å²) in [6.07, 6.45) is 1.65. The predicted octanol–water partition coefficient (Wildman–Crippen LogP) is 1.56. The number of phenols is 1. The standard InChI is InChI=1S/C12H18O4/c13-7-1-2-8-15-9-10-16-12-5-3-11(14)4-6-12/h3-6,13-14H,1-2,7-10H2. The maximum atomic E-state index is 9.05. The average molecular weight is 226 g/mol. The Morgan fingerprint density at radius 3 is 2.38 bits per heavy atom. The molecule has 0 heterocycles. The van der Waals surface area contributed by atoms with Crippen molar-refractivity contribution in [3.63, 3.8) is 0 Å². The number of phenolic OH excluding ortho intramolecular Hbond substituents is 1. The van der Waals surface area contributed by atoms with Crippen LogP contribution in [0.3, 0.4) is 0 Å². The largest absolute Gasteiger partial charge is 0.508 e. The lowest BCUT2D eigenvalue weighted by molar-refractivity contribution is 0.0943. The van der Waals surface area contributed by atoms with Gasteiger partial charge >= 0.3 is 0 Å². The minimum absolute atomic E-state index is 0.216.